The Labute approximate surface area is 82.7 Å². The summed E-state index contributed by atoms with van der Waals surface area (Å²) in [6.07, 6.45) is 3.38. The van der Waals surface area contributed by atoms with Gasteiger partial charge in [-0.15, -0.1) is 0 Å². The second-order valence-electron chi connectivity index (χ2n) is 2.32. The fourth-order valence-electron chi connectivity index (χ4n) is 0.990. The van der Waals surface area contributed by atoms with E-state index in [1.165, 1.54) is 0 Å². The number of aromatic nitrogens is 2. The van der Waals surface area contributed by atoms with E-state index in [1.807, 2.05) is 6.07 Å². The molecule has 0 amide bonds. The number of hydrogen-bond acceptors (Lipinski definition) is 2. The monoisotopic (exact) mass is 242 g/mol. The molecule has 0 N–H and O–H groups in total. The van der Waals surface area contributed by atoms with E-state index >= 15 is 0 Å². The van der Waals surface area contributed by atoms with Crippen LogP contribution in [0.25, 0.3) is 10.9 Å². The number of fused-ring (bicyclic) bond motifs is 1. The second kappa shape index (κ2) is 2.99. The van der Waals surface area contributed by atoms with Gasteiger partial charge in [0.25, 0.3) is 0 Å². The first-order valence-electron chi connectivity index (χ1n) is 3.33. The molecule has 2 heterocycles. The van der Waals surface area contributed by atoms with Crippen LogP contribution in [0.2, 0.25) is 5.15 Å². The zero-order valence-corrected chi connectivity index (χ0v) is 8.30. The van der Waals surface area contributed by atoms with Crippen molar-refractivity contribution in [2.45, 2.75) is 0 Å². The van der Waals surface area contributed by atoms with Crippen molar-refractivity contribution in [3.8, 4) is 0 Å². The third-order valence-electron chi connectivity index (χ3n) is 1.54. The lowest BCUT2D eigenvalue weighted by molar-refractivity contribution is 1.31. The summed E-state index contributed by atoms with van der Waals surface area (Å²) in [6, 6.07) is 3.66. The van der Waals surface area contributed by atoms with Crippen molar-refractivity contribution in [2.24, 2.45) is 0 Å². The van der Waals surface area contributed by atoms with Crippen molar-refractivity contribution in [3.63, 3.8) is 0 Å². The Bertz CT molecular complexity index is 430. The summed E-state index contributed by atoms with van der Waals surface area (Å²) in [7, 11) is 0. The molecular formula is C8H4BrClN2. The molecule has 12 heavy (non-hydrogen) atoms. The highest BCUT2D eigenvalue weighted by molar-refractivity contribution is 9.10. The molecule has 0 saturated carbocycles. The summed E-state index contributed by atoms with van der Waals surface area (Å²) < 4.78 is 0.983. The van der Waals surface area contributed by atoms with Crippen LogP contribution in [-0.4, -0.2) is 9.97 Å². The fourth-order valence-corrected chi connectivity index (χ4v) is 1.58. The average Bonchev–Trinajstić information content (AvgIpc) is 2.07. The summed E-state index contributed by atoms with van der Waals surface area (Å²) in [5.74, 6) is 0. The number of pyridine rings is 2. The Morgan fingerprint density at radius 2 is 2.17 bits per heavy atom. The van der Waals surface area contributed by atoms with Crippen molar-refractivity contribution in [3.05, 3.63) is 34.2 Å². The first kappa shape index (κ1) is 7.95. The van der Waals surface area contributed by atoms with Gasteiger partial charge in [0.05, 0.1) is 11.7 Å². The molecule has 0 fully saturated rings. The van der Waals surface area contributed by atoms with Crippen LogP contribution in [0.3, 0.4) is 0 Å². The Kier molecular flexibility index (Phi) is 1.98. The number of hydrogen-bond donors (Lipinski definition) is 0. The van der Waals surface area contributed by atoms with Crippen LogP contribution in [0.15, 0.2) is 29.0 Å². The zero-order chi connectivity index (χ0) is 8.55. The molecule has 0 spiro atoms. The highest BCUT2D eigenvalue weighted by Crippen LogP contribution is 2.22. The van der Waals surface area contributed by atoms with Crippen LogP contribution >= 0.6 is 27.5 Å². The molecule has 0 aliphatic carbocycles. The van der Waals surface area contributed by atoms with Gasteiger partial charge in [0.2, 0.25) is 0 Å². The van der Waals surface area contributed by atoms with Crippen LogP contribution in [0.5, 0.6) is 0 Å². The van der Waals surface area contributed by atoms with Crippen molar-refractivity contribution in [1.29, 1.82) is 0 Å². The van der Waals surface area contributed by atoms with Crippen molar-refractivity contribution < 1.29 is 0 Å². The highest BCUT2D eigenvalue weighted by Gasteiger charge is 1.99. The molecule has 0 aliphatic heterocycles. The lowest BCUT2D eigenvalue weighted by Gasteiger charge is -1.98. The van der Waals surface area contributed by atoms with E-state index in [-0.39, 0.29) is 0 Å². The maximum absolute atomic E-state index is 5.73. The molecular weight excluding hydrogens is 239 g/mol. The van der Waals surface area contributed by atoms with E-state index in [0.29, 0.717) is 5.15 Å². The van der Waals surface area contributed by atoms with Crippen molar-refractivity contribution >= 4 is 38.4 Å². The van der Waals surface area contributed by atoms with E-state index in [9.17, 15) is 0 Å². The molecule has 0 radical (unpaired) electrons. The van der Waals surface area contributed by atoms with Gasteiger partial charge in [-0.1, -0.05) is 27.5 Å². The molecule has 0 atom stereocenters. The molecule has 0 aromatic carbocycles. The Balaban J connectivity index is 2.88. The lowest BCUT2D eigenvalue weighted by atomic mass is 10.3. The van der Waals surface area contributed by atoms with Gasteiger partial charge in [0.15, 0.2) is 0 Å². The maximum Gasteiger partial charge on any atom is 0.129 e. The summed E-state index contributed by atoms with van der Waals surface area (Å²) >= 11 is 9.14. The van der Waals surface area contributed by atoms with Crippen LogP contribution in [0.1, 0.15) is 0 Å². The summed E-state index contributed by atoms with van der Waals surface area (Å²) in [5, 5.41) is 1.47. The largest absolute Gasteiger partial charge is 0.255 e. The molecule has 2 rings (SSSR count). The van der Waals surface area contributed by atoms with Gasteiger partial charge in [-0.2, -0.15) is 0 Å². The molecule has 2 aromatic rings. The van der Waals surface area contributed by atoms with Gasteiger partial charge < -0.3 is 0 Å². The molecule has 60 valence electrons. The van der Waals surface area contributed by atoms with Gasteiger partial charge >= 0.3 is 0 Å². The second-order valence-corrected chi connectivity index (χ2v) is 3.56. The zero-order valence-electron chi connectivity index (χ0n) is 5.96. The van der Waals surface area contributed by atoms with Gasteiger partial charge in [-0.3, -0.25) is 4.98 Å². The average molecular weight is 243 g/mol. The molecule has 4 heteroatoms. The normalized spacial score (nSPS) is 10.5. The SMILES string of the molecule is Clc1cc2c(Br)ccnc2cn1. The first-order valence-corrected chi connectivity index (χ1v) is 4.50. The van der Waals surface area contributed by atoms with Gasteiger partial charge in [-0.25, -0.2) is 4.98 Å². The van der Waals surface area contributed by atoms with Gasteiger partial charge in [0.1, 0.15) is 5.15 Å². The van der Waals surface area contributed by atoms with E-state index in [4.69, 9.17) is 11.6 Å². The van der Waals surface area contributed by atoms with Crippen molar-refractivity contribution in [1.82, 2.24) is 9.97 Å². The number of nitrogens with zero attached hydrogens (tertiary/aromatic N) is 2. The van der Waals surface area contributed by atoms with Gasteiger partial charge in [-0.05, 0) is 12.1 Å². The summed E-state index contributed by atoms with van der Waals surface area (Å²) in [4.78, 5) is 8.06. The minimum atomic E-state index is 0.483. The summed E-state index contributed by atoms with van der Waals surface area (Å²) in [5.41, 5.74) is 0.841. The smallest absolute Gasteiger partial charge is 0.129 e. The third kappa shape index (κ3) is 1.30. The number of rotatable bonds is 0. The quantitative estimate of drug-likeness (QED) is 0.665. The van der Waals surface area contributed by atoms with E-state index in [0.717, 1.165) is 15.4 Å². The minimum absolute atomic E-state index is 0.483. The maximum atomic E-state index is 5.73. The fraction of sp³-hybridized carbons (Fsp3) is 0. The molecule has 0 bridgehead atoms. The molecule has 0 saturated heterocycles. The first-order chi connectivity index (χ1) is 5.77. The molecule has 2 nitrogen and oxygen atoms in total. The van der Waals surface area contributed by atoms with Gasteiger partial charge in [0, 0.05) is 16.1 Å². The van der Waals surface area contributed by atoms with E-state index < -0.39 is 0 Å². The Hall–Kier alpha value is -0.670. The van der Waals surface area contributed by atoms with Crippen molar-refractivity contribution in [2.75, 3.05) is 0 Å². The molecule has 0 unspecified atom stereocenters. The van der Waals surface area contributed by atoms with E-state index in [2.05, 4.69) is 25.9 Å². The van der Waals surface area contributed by atoms with E-state index in [1.54, 1.807) is 18.5 Å². The van der Waals surface area contributed by atoms with Crippen LogP contribution in [0.4, 0.5) is 0 Å². The molecule has 0 aliphatic rings. The lowest BCUT2D eigenvalue weighted by Crippen LogP contribution is -1.81. The summed E-state index contributed by atoms with van der Waals surface area (Å²) in [6.45, 7) is 0. The minimum Gasteiger partial charge on any atom is -0.255 e. The highest BCUT2D eigenvalue weighted by atomic mass is 79.9. The molecule has 2 aromatic heterocycles. The van der Waals surface area contributed by atoms with Crippen LogP contribution in [0, 0.1) is 0 Å². The third-order valence-corrected chi connectivity index (χ3v) is 2.44. The van der Waals surface area contributed by atoms with Crippen LogP contribution < -0.4 is 0 Å². The van der Waals surface area contributed by atoms with Crippen LogP contribution in [-0.2, 0) is 0 Å². The topological polar surface area (TPSA) is 25.8 Å². The predicted molar refractivity (Wildman–Crippen MR) is 52.2 cm³/mol. The Morgan fingerprint density at radius 3 is 3.00 bits per heavy atom. The Morgan fingerprint density at radius 1 is 1.33 bits per heavy atom. The standard InChI is InChI=1S/C8H4BrClN2/c9-6-1-2-11-7-4-12-8(10)3-5(6)7/h1-4H. The predicted octanol–water partition coefficient (Wildman–Crippen LogP) is 3.05. The number of halogens is 2.